The molecule has 1 atom stereocenters. The molecule has 0 aliphatic heterocycles. The fraction of sp³-hybridized carbons (Fsp3) is 0.333. The van der Waals surface area contributed by atoms with E-state index in [0.29, 0.717) is 6.42 Å². The molecule has 1 N–H and O–H groups in total. The summed E-state index contributed by atoms with van der Waals surface area (Å²) in [5.41, 5.74) is 1.04. The monoisotopic (exact) mass is 190 g/mol. The van der Waals surface area contributed by atoms with Gasteiger partial charge in [0.2, 0.25) is 5.91 Å². The molecule has 1 rings (SSSR count). The molecule has 1 aromatic rings. The van der Waals surface area contributed by atoms with Gasteiger partial charge in [-0.15, -0.1) is 0 Å². The summed E-state index contributed by atoms with van der Waals surface area (Å²) < 4.78 is 0. The molecule has 1 aromatic carbocycles. The lowest BCUT2D eigenvalue weighted by molar-refractivity contribution is -0.121. The number of carbonyl (C=O) groups excluding carboxylic acids is 1. The highest BCUT2D eigenvalue weighted by Gasteiger charge is 2.05. The molecule has 1 unspecified atom stereocenters. The van der Waals surface area contributed by atoms with Crippen LogP contribution in [-0.2, 0) is 11.2 Å². The summed E-state index contributed by atoms with van der Waals surface area (Å²) in [5.74, 6) is 0.0624. The third-order valence-corrected chi connectivity index (χ3v) is 2.05. The van der Waals surface area contributed by atoms with E-state index >= 15 is 0 Å². The fourth-order valence-electron chi connectivity index (χ4n) is 1.18. The summed E-state index contributed by atoms with van der Waals surface area (Å²) in [5, 5.41) is 2.88. The van der Waals surface area contributed by atoms with Gasteiger partial charge >= 0.3 is 0 Å². The van der Waals surface area contributed by atoms with Crippen LogP contribution in [-0.4, -0.2) is 11.9 Å². The molecule has 2 nitrogen and oxygen atoms in total. The van der Waals surface area contributed by atoms with Gasteiger partial charge < -0.3 is 5.32 Å². The molecule has 0 bridgehead atoms. The average molecular weight is 190 g/mol. The number of amides is 1. The van der Waals surface area contributed by atoms with Gasteiger partial charge in [-0.25, -0.2) is 0 Å². The van der Waals surface area contributed by atoms with Crippen LogP contribution in [0.3, 0.4) is 0 Å². The number of rotatable bonds is 4. The minimum atomic E-state index is 0.0624. The first-order chi connectivity index (χ1) is 6.72. The molecular weight excluding hydrogens is 174 g/mol. The Morgan fingerprint density at radius 1 is 1.43 bits per heavy atom. The van der Waals surface area contributed by atoms with Crippen molar-refractivity contribution in [2.24, 2.45) is 0 Å². The van der Waals surface area contributed by atoms with Crippen LogP contribution in [0.1, 0.15) is 18.9 Å². The van der Waals surface area contributed by atoms with E-state index in [1.54, 1.807) is 0 Å². The molecule has 14 heavy (non-hydrogen) atoms. The molecule has 0 aromatic heterocycles. The van der Waals surface area contributed by atoms with Gasteiger partial charge in [0.1, 0.15) is 0 Å². The Morgan fingerprint density at radius 3 is 2.64 bits per heavy atom. The minimum Gasteiger partial charge on any atom is -0.353 e. The van der Waals surface area contributed by atoms with Gasteiger partial charge in [0.25, 0.3) is 0 Å². The molecule has 2 heteroatoms. The second-order valence-electron chi connectivity index (χ2n) is 3.42. The first-order valence-electron chi connectivity index (χ1n) is 4.85. The van der Waals surface area contributed by atoms with E-state index in [2.05, 4.69) is 12.2 Å². The summed E-state index contributed by atoms with van der Waals surface area (Å²) >= 11 is 0. The molecule has 0 saturated carbocycles. The van der Waals surface area contributed by atoms with Gasteiger partial charge in [0, 0.05) is 6.04 Å². The molecule has 0 heterocycles. The summed E-state index contributed by atoms with van der Waals surface area (Å²) in [6, 6.07) is 9.88. The zero-order valence-corrected chi connectivity index (χ0v) is 8.49. The van der Waals surface area contributed by atoms with Crippen LogP contribution in [0.5, 0.6) is 0 Å². The topological polar surface area (TPSA) is 29.1 Å². The van der Waals surface area contributed by atoms with E-state index in [4.69, 9.17) is 0 Å². The zero-order chi connectivity index (χ0) is 10.4. The second kappa shape index (κ2) is 5.43. The third kappa shape index (κ3) is 3.60. The van der Waals surface area contributed by atoms with Gasteiger partial charge in [-0.1, -0.05) is 37.3 Å². The Balaban J connectivity index is 2.42. The number of hydrogen-bond acceptors (Lipinski definition) is 1. The standard InChI is InChI=1S/C12H16NO/c1-3-10(2)13-12(14)9-11-7-5-4-6-8-11/h4-8,10H,1,3,9H2,2H3,(H,13,14). The number of hydrogen-bond donors (Lipinski definition) is 1. The lowest BCUT2D eigenvalue weighted by Crippen LogP contribution is -2.33. The van der Waals surface area contributed by atoms with Gasteiger partial charge in [0.05, 0.1) is 6.42 Å². The van der Waals surface area contributed by atoms with Crippen LogP contribution in [0.4, 0.5) is 0 Å². The summed E-state index contributed by atoms with van der Waals surface area (Å²) in [6.45, 7) is 5.69. The number of nitrogens with one attached hydrogen (secondary N) is 1. The second-order valence-corrected chi connectivity index (χ2v) is 3.42. The van der Waals surface area contributed by atoms with Crippen molar-refractivity contribution in [1.82, 2.24) is 5.32 Å². The lowest BCUT2D eigenvalue weighted by Gasteiger charge is -2.10. The van der Waals surface area contributed by atoms with Gasteiger partial charge in [-0.2, -0.15) is 0 Å². The van der Waals surface area contributed by atoms with Crippen molar-refractivity contribution in [1.29, 1.82) is 0 Å². The maximum atomic E-state index is 11.4. The largest absolute Gasteiger partial charge is 0.353 e. The van der Waals surface area contributed by atoms with Crippen molar-refractivity contribution >= 4 is 5.91 Å². The Labute approximate surface area is 85.3 Å². The first kappa shape index (κ1) is 10.8. The van der Waals surface area contributed by atoms with Crippen molar-refractivity contribution in [2.45, 2.75) is 25.8 Å². The van der Waals surface area contributed by atoms with E-state index in [-0.39, 0.29) is 11.9 Å². The van der Waals surface area contributed by atoms with Crippen molar-refractivity contribution in [2.75, 3.05) is 0 Å². The Kier molecular flexibility index (Phi) is 4.17. The maximum Gasteiger partial charge on any atom is 0.224 e. The molecule has 0 saturated heterocycles. The fourth-order valence-corrected chi connectivity index (χ4v) is 1.18. The van der Waals surface area contributed by atoms with Crippen molar-refractivity contribution in [3.8, 4) is 0 Å². The van der Waals surface area contributed by atoms with Gasteiger partial charge in [0.15, 0.2) is 0 Å². The molecule has 0 fully saturated rings. The van der Waals surface area contributed by atoms with Crippen molar-refractivity contribution in [3.05, 3.63) is 42.8 Å². The first-order valence-corrected chi connectivity index (χ1v) is 4.85. The van der Waals surface area contributed by atoms with Crippen LogP contribution in [0.2, 0.25) is 0 Å². The predicted molar refractivity (Wildman–Crippen MR) is 57.7 cm³/mol. The molecule has 75 valence electrons. The predicted octanol–water partition coefficient (Wildman–Crippen LogP) is 1.96. The van der Waals surface area contributed by atoms with Crippen molar-refractivity contribution in [3.63, 3.8) is 0 Å². The smallest absolute Gasteiger partial charge is 0.224 e. The molecular formula is C12H16NO. The van der Waals surface area contributed by atoms with E-state index in [0.717, 1.165) is 12.0 Å². The van der Waals surface area contributed by atoms with Gasteiger partial charge in [-0.3, -0.25) is 4.79 Å². The molecule has 1 amide bonds. The molecule has 0 spiro atoms. The normalized spacial score (nSPS) is 12.1. The van der Waals surface area contributed by atoms with Crippen LogP contribution in [0.25, 0.3) is 0 Å². The van der Waals surface area contributed by atoms with Crippen molar-refractivity contribution < 1.29 is 4.79 Å². The van der Waals surface area contributed by atoms with Crippen LogP contribution < -0.4 is 5.32 Å². The van der Waals surface area contributed by atoms with Crippen LogP contribution in [0.15, 0.2) is 30.3 Å². The maximum absolute atomic E-state index is 11.4. The summed E-state index contributed by atoms with van der Waals surface area (Å²) in [6.07, 6.45) is 1.17. The number of carbonyl (C=O) groups is 1. The highest BCUT2D eigenvalue weighted by Crippen LogP contribution is 1.99. The molecule has 0 aliphatic carbocycles. The molecule has 0 aliphatic rings. The highest BCUT2D eigenvalue weighted by atomic mass is 16.1. The van der Waals surface area contributed by atoms with E-state index in [1.165, 1.54) is 0 Å². The third-order valence-electron chi connectivity index (χ3n) is 2.05. The molecule has 1 radical (unpaired) electrons. The Hall–Kier alpha value is -1.31. The Morgan fingerprint density at radius 2 is 2.07 bits per heavy atom. The van der Waals surface area contributed by atoms with Crippen LogP contribution in [0, 0.1) is 6.92 Å². The lowest BCUT2D eigenvalue weighted by atomic mass is 10.1. The zero-order valence-electron chi connectivity index (χ0n) is 8.49. The SMILES string of the molecule is [CH2]CC(C)NC(=O)Cc1ccccc1. The highest BCUT2D eigenvalue weighted by molar-refractivity contribution is 5.78. The average Bonchev–Trinajstić information content (AvgIpc) is 2.19. The Bertz CT molecular complexity index is 282. The van der Waals surface area contributed by atoms with Gasteiger partial charge in [-0.05, 0) is 18.9 Å². The summed E-state index contributed by atoms with van der Waals surface area (Å²) in [4.78, 5) is 11.4. The quantitative estimate of drug-likeness (QED) is 0.772. The van der Waals surface area contributed by atoms with E-state index in [9.17, 15) is 4.79 Å². The van der Waals surface area contributed by atoms with E-state index in [1.807, 2.05) is 37.3 Å². The minimum absolute atomic E-state index is 0.0624. The number of benzene rings is 1. The van der Waals surface area contributed by atoms with Crippen LogP contribution >= 0.6 is 0 Å². The van der Waals surface area contributed by atoms with E-state index < -0.39 is 0 Å². The summed E-state index contributed by atoms with van der Waals surface area (Å²) in [7, 11) is 0.